The Balaban J connectivity index is 2.28. The van der Waals surface area contributed by atoms with Crippen molar-refractivity contribution in [2.75, 3.05) is 10.6 Å². The summed E-state index contributed by atoms with van der Waals surface area (Å²) in [7, 11) is 0. The number of nitrogens with zero attached hydrogens (tertiary/aromatic N) is 1. The molecule has 1 heterocycles. The molecule has 0 saturated carbocycles. The van der Waals surface area contributed by atoms with Crippen molar-refractivity contribution in [3.8, 4) is 5.75 Å². The van der Waals surface area contributed by atoms with Gasteiger partial charge in [-0.1, -0.05) is 19.1 Å². The van der Waals surface area contributed by atoms with E-state index in [4.69, 9.17) is 5.73 Å². The van der Waals surface area contributed by atoms with Crippen LogP contribution in [0.1, 0.15) is 45.2 Å². The molecule has 2 aromatic rings. The number of phenols is 1. The molecule has 4 heteroatoms. The van der Waals surface area contributed by atoms with Crippen LogP contribution in [0, 0.1) is 0 Å². The number of hydrogen-bond donors (Lipinski definition) is 2. The lowest BCUT2D eigenvalue weighted by Gasteiger charge is -2.51. The maximum atomic E-state index is 12.3. The van der Waals surface area contributed by atoms with Crippen molar-refractivity contribution < 1.29 is 9.90 Å². The van der Waals surface area contributed by atoms with Gasteiger partial charge in [-0.25, -0.2) is 0 Å². The number of nitrogens with two attached hydrogens (primary N) is 1. The van der Waals surface area contributed by atoms with E-state index in [-0.39, 0.29) is 22.6 Å². The second-order valence-electron chi connectivity index (χ2n) is 7.50. The Kier molecular flexibility index (Phi) is 3.59. The summed E-state index contributed by atoms with van der Waals surface area (Å²) in [5.41, 5.74) is 9.15. The van der Waals surface area contributed by atoms with Gasteiger partial charge in [-0.3, -0.25) is 4.79 Å². The molecule has 0 radical (unpaired) electrons. The highest BCUT2D eigenvalue weighted by Crippen LogP contribution is 2.51. The first kappa shape index (κ1) is 16.4. The third kappa shape index (κ3) is 2.42. The summed E-state index contributed by atoms with van der Waals surface area (Å²) in [5.74, 6) is 0.273. The minimum Gasteiger partial charge on any atom is -0.508 e. The van der Waals surface area contributed by atoms with E-state index in [1.165, 1.54) is 0 Å². The predicted octanol–water partition coefficient (Wildman–Crippen LogP) is 3.82. The molecule has 0 bridgehead atoms. The number of hydrogen-bond acceptors (Lipinski definition) is 3. The van der Waals surface area contributed by atoms with Crippen LogP contribution in [0.2, 0.25) is 0 Å². The molecule has 1 aliphatic rings. The van der Waals surface area contributed by atoms with Gasteiger partial charge in [0.05, 0.1) is 0 Å². The second-order valence-corrected chi connectivity index (χ2v) is 7.50. The van der Waals surface area contributed by atoms with Crippen LogP contribution in [0.3, 0.4) is 0 Å². The van der Waals surface area contributed by atoms with E-state index in [0.29, 0.717) is 5.69 Å². The van der Waals surface area contributed by atoms with Crippen LogP contribution in [0.15, 0.2) is 42.5 Å². The molecule has 1 aliphatic heterocycles. The molecule has 4 nitrogen and oxygen atoms in total. The minimum atomic E-state index is -0.332. The Morgan fingerprint density at radius 2 is 1.75 bits per heavy atom. The van der Waals surface area contributed by atoms with Gasteiger partial charge < -0.3 is 15.7 Å². The number of nitrogen functional groups attached to an aromatic ring is 1. The number of aromatic hydroxyl groups is 1. The topological polar surface area (TPSA) is 66.6 Å². The van der Waals surface area contributed by atoms with Crippen molar-refractivity contribution in [1.82, 2.24) is 0 Å². The highest BCUT2D eigenvalue weighted by Gasteiger charge is 2.47. The fourth-order valence-corrected chi connectivity index (χ4v) is 4.24. The van der Waals surface area contributed by atoms with E-state index in [1.54, 1.807) is 19.1 Å². The Labute approximate surface area is 142 Å². The molecule has 126 valence electrons. The minimum absolute atomic E-state index is 0.0266. The average molecular weight is 324 g/mol. The van der Waals surface area contributed by atoms with E-state index >= 15 is 0 Å². The summed E-state index contributed by atoms with van der Waals surface area (Å²) in [6.07, 6.45) is 0.765. The van der Waals surface area contributed by atoms with Gasteiger partial charge in [-0.05, 0) is 61.7 Å². The lowest BCUT2D eigenvalue weighted by atomic mass is 9.65. The first-order chi connectivity index (χ1) is 11.1. The first-order valence-electron chi connectivity index (χ1n) is 8.15. The molecule has 2 aromatic carbocycles. The molecule has 3 N–H and O–H groups in total. The molecule has 3 rings (SSSR count). The molecule has 1 amide bonds. The van der Waals surface area contributed by atoms with E-state index in [1.807, 2.05) is 35.2 Å². The molecule has 0 spiro atoms. The third-order valence-electron chi connectivity index (χ3n) is 5.07. The van der Waals surface area contributed by atoms with Gasteiger partial charge in [-0.2, -0.15) is 0 Å². The molecule has 1 unspecified atom stereocenters. The lowest BCUT2D eigenvalue weighted by Crippen LogP contribution is -2.55. The third-order valence-corrected chi connectivity index (χ3v) is 5.07. The molecule has 24 heavy (non-hydrogen) atoms. The molecule has 0 aromatic heterocycles. The van der Waals surface area contributed by atoms with Gasteiger partial charge in [0.15, 0.2) is 0 Å². The van der Waals surface area contributed by atoms with Gasteiger partial charge in [0.2, 0.25) is 5.91 Å². The Morgan fingerprint density at radius 3 is 2.33 bits per heavy atom. The maximum Gasteiger partial charge on any atom is 0.224 e. The van der Waals surface area contributed by atoms with E-state index in [9.17, 15) is 9.90 Å². The summed E-state index contributed by atoms with van der Waals surface area (Å²) in [4.78, 5) is 14.2. The normalized spacial score (nSPS) is 22.1. The number of carbonyl (C=O) groups is 1. The molecule has 1 atom stereocenters. The van der Waals surface area contributed by atoms with Gasteiger partial charge in [0, 0.05) is 29.3 Å². The van der Waals surface area contributed by atoms with Crippen LogP contribution in [0.5, 0.6) is 5.75 Å². The smallest absolute Gasteiger partial charge is 0.224 e. The summed E-state index contributed by atoms with van der Waals surface area (Å²) < 4.78 is 0. The molecule has 0 saturated heterocycles. The summed E-state index contributed by atoms with van der Waals surface area (Å²) in [6, 6.07) is 13.0. The van der Waals surface area contributed by atoms with Crippen LogP contribution in [-0.4, -0.2) is 16.6 Å². The highest BCUT2D eigenvalue weighted by atomic mass is 16.3. The van der Waals surface area contributed by atoms with Crippen molar-refractivity contribution in [3.05, 3.63) is 53.6 Å². The fraction of sp³-hybridized carbons (Fsp3) is 0.350. The number of phenolic OH excluding ortho intramolecular Hbond substituents is 1. The van der Waals surface area contributed by atoms with Crippen molar-refractivity contribution in [2.24, 2.45) is 0 Å². The molecule has 0 fully saturated rings. The van der Waals surface area contributed by atoms with Gasteiger partial charge >= 0.3 is 0 Å². The molecular weight excluding hydrogens is 300 g/mol. The fourth-order valence-electron chi connectivity index (χ4n) is 4.24. The van der Waals surface area contributed by atoms with Gasteiger partial charge in [0.25, 0.3) is 0 Å². The summed E-state index contributed by atoms with van der Waals surface area (Å²) in [6.45, 7) is 7.96. The van der Waals surface area contributed by atoms with E-state index in [2.05, 4.69) is 20.8 Å². The van der Waals surface area contributed by atoms with Crippen LogP contribution < -0.4 is 10.6 Å². The molecular formula is C20H24N2O2. The number of amides is 1. The Hall–Kier alpha value is -2.49. The molecule has 0 aliphatic carbocycles. The predicted molar refractivity (Wildman–Crippen MR) is 97.3 cm³/mol. The van der Waals surface area contributed by atoms with E-state index in [0.717, 1.165) is 23.2 Å². The van der Waals surface area contributed by atoms with E-state index < -0.39 is 0 Å². The quantitative estimate of drug-likeness (QED) is 0.784. The average Bonchev–Trinajstić information content (AvgIpc) is 2.47. The summed E-state index contributed by atoms with van der Waals surface area (Å²) in [5, 5.41) is 9.62. The zero-order valence-corrected chi connectivity index (χ0v) is 14.6. The van der Waals surface area contributed by atoms with Crippen LogP contribution >= 0.6 is 0 Å². The second kappa shape index (κ2) is 5.26. The number of benzene rings is 2. The monoisotopic (exact) mass is 324 g/mol. The number of carbonyl (C=O) groups excluding carboxylic acids is 1. The van der Waals surface area contributed by atoms with Gasteiger partial charge in [0.1, 0.15) is 5.75 Å². The van der Waals surface area contributed by atoms with Crippen LogP contribution in [-0.2, 0) is 10.2 Å². The number of rotatable bonds is 1. The Bertz CT molecular complexity index is 796. The van der Waals surface area contributed by atoms with Crippen molar-refractivity contribution in [1.29, 1.82) is 0 Å². The SMILES string of the molecule is CC(=O)N1c2ccc(N)cc2C(C)(c2ccc(O)cc2)CC1(C)C. The number of fused-ring (bicyclic) bond motifs is 1. The van der Waals surface area contributed by atoms with Crippen LogP contribution in [0.4, 0.5) is 11.4 Å². The summed E-state index contributed by atoms with van der Waals surface area (Å²) >= 11 is 0. The standard InChI is InChI=1S/C20H24N2O2/c1-13(23)22-18-10-7-15(21)11-17(18)20(4,12-19(22,2)3)14-5-8-16(24)9-6-14/h5-11,24H,12,21H2,1-4H3. The largest absolute Gasteiger partial charge is 0.508 e. The lowest BCUT2D eigenvalue weighted by molar-refractivity contribution is -0.117. The van der Waals surface area contributed by atoms with Gasteiger partial charge in [-0.15, -0.1) is 0 Å². The number of anilines is 2. The highest BCUT2D eigenvalue weighted by molar-refractivity contribution is 5.95. The van der Waals surface area contributed by atoms with Crippen molar-refractivity contribution in [3.63, 3.8) is 0 Å². The first-order valence-corrected chi connectivity index (χ1v) is 8.15. The Morgan fingerprint density at radius 1 is 1.12 bits per heavy atom. The van der Waals surface area contributed by atoms with Crippen molar-refractivity contribution in [2.45, 2.75) is 45.1 Å². The zero-order valence-electron chi connectivity index (χ0n) is 14.6. The zero-order chi connectivity index (χ0) is 17.7. The maximum absolute atomic E-state index is 12.3. The van der Waals surface area contributed by atoms with Crippen molar-refractivity contribution >= 4 is 17.3 Å². The van der Waals surface area contributed by atoms with Crippen LogP contribution in [0.25, 0.3) is 0 Å².